The first kappa shape index (κ1) is 18.3. The second-order valence-corrected chi connectivity index (χ2v) is 9.36. The largest absolute Gasteiger partial charge is 0.264 e. The van der Waals surface area contributed by atoms with Gasteiger partial charge in [0.25, 0.3) is 0 Å². The molecular formula is C20H21N3O2S2. The van der Waals surface area contributed by atoms with Crippen molar-refractivity contribution in [3.8, 4) is 11.3 Å². The fourth-order valence-electron chi connectivity index (χ4n) is 3.33. The summed E-state index contributed by atoms with van der Waals surface area (Å²) in [5.74, 6) is 0. The number of sulfonamides is 1. The molecule has 5 nitrogen and oxygen atoms in total. The third kappa shape index (κ3) is 4.26. The maximum absolute atomic E-state index is 12.6. The third-order valence-corrected chi connectivity index (χ3v) is 7.14. The van der Waals surface area contributed by atoms with Crippen LogP contribution < -0.4 is 4.72 Å². The topological polar surface area (TPSA) is 72.0 Å². The van der Waals surface area contributed by atoms with Gasteiger partial charge in [-0.05, 0) is 61.1 Å². The molecule has 2 heterocycles. The molecule has 140 valence electrons. The first-order valence-electron chi connectivity index (χ1n) is 9.08. The van der Waals surface area contributed by atoms with Crippen LogP contribution in [-0.2, 0) is 29.3 Å². The van der Waals surface area contributed by atoms with Gasteiger partial charge in [0.1, 0.15) is 0 Å². The summed E-state index contributed by atoms with van der Waals surface area (Å²) in [6.07, 6.45) is 8.40. The van der Waals surface area contributed by atoms with E-state index >= 15 is 0 Å². The summed E-state index contributed by atoms with van der Waals surface area (Å²) >= 11 is 1.54. The predicted molar refractivity (Wildman–Crippen MR) is 107 cm³/mol. The number of thiazole rings is 1. The number of nitrogens with one attached hydrogen (secondary N) is 1. The van der Waals surface area contributed by atoms with E-state index in [1.165, 1.54) is 28.9 Å². The van der Waals surface area contributed by atoms with E-state index in [1.54, 1.807) is 18.5 Å². The Labute approximate surface area is 163 Å². The lowest BCUT2D eigenvalue weighted by molar-refractivity contribution is 0.581. The molecule has 0 fully saturated rings. The van der Waals surface area contributed by atoms with Gasteiger partial charge < -0.3 is 0 Å². The highest BCUT2D eigenvalue weighted by atomic mass is 32.2. The fraction of sp³-hybridized carbons (Fsp3) is 0.300. The zero-order valence-electron chi connectivity index (χ0n) is 14.9. The van der Waals surface area contributed by atoms with Crippen LogP contribution in [0.25, 0.3) is 11.3 Å². The van der Waals surface area contributed by atoms with Gasteiger partial charge in [-0.2, -0.15) is 0 Å². The molecule has 1 aromatic carbocycles. The molecule has 1 N–H and O–H groups in total. The van der Waals surface area contributed by atoms with E-state index < -0.39 is 10.0 Å². The Morgan fingerprint density at radius 2 is 1.96 bits per heavy atom. The van der Waals surface area contributed by atoms with E-state index in [1.807, 2.05) is 29.6 Å². The SMILES string of the molecule is O=S(=O)(NCCc1nc(-c2cccnc2)cs1)c1ccc2c(c1)CCCC2. The van der Waals surface area contributed by atoms with E-state index in [0.717, 1.165) is 35.5 Å². The Kier molecular flexibility index (Phi) is 5.33. The number of pyridine rings is 1. The predicted octanol–water partition coefficient (Wildman–Crippen LogP) is 3.60. The molecule has 2 aromatic heterocycles. The van der Waals surface area contributed by atoms with Gasteiger partial charge >= 0.3 is 0 Å². The molecule has 1 aliphatic carbocycles. The standard InChI is InChI=1S/C20H21N3O2S2/c24-27(25,18-8-7-15-4-1-2-5-16(15)12-18)22-11-9-20-23-19(14-26-20)17-6-3-10-21-13-17/h3,6-8,10,12-14,22H,1-2,4-5,9,11H2. The minimum absolute atomic E-state index is 0.333. The van der Waals surface area contributed by atoms with Crippen LogP contribution in [0.1, 0.15) is 29.0 Å². The summed E-state index contributed by atoms with van der Waals surface area (Å²) in [5.41, 5.74) is 4.30. The number of fused-ring (bicyclic) bond motifs is 1. The van der Waals surface area contributed by atoms with E-state index in [0.29, 0.717) is 17.9 Å². The number of hydrogen-bond acceptors (Lipinski definition) is 5. The smallest absolute Gasteiger partial charge is 0.240 e. The molecule has 3 aromatic rings. The van der Waals surface area contributed by atoms with Crippen LogP contribution in [0.2, 0.25) is 0 Å². The van der Waals surface area contributed by atoms with E-state index in [-0.39, 0.29) is 0 Å². The van der Waals surface area contributed by atoms with Crippen LogP contribution in [0.15, 0.2) is 53.0 Å². The van der Waals surface area contributed by atoms with Gasteiger partial charge in [0.05, 0.1) is 15.6 Å². The van der Waals surface area contributed by atoms with Crippen LogP contribution in [-0.4, -0.2) is 24.9 Å². The number of aryl methyl sites for hydroxylation is 2. The quantitative estimate of drug-likeness (QED) is 0.687. The highest BCUT2D eigenvalue weighted by Crippen LogP contribution is 2.24. The minimum Gasteiger partial charge on any atom is -0.264 e. The molecule has 0 bridgehead atoms. The van der Waals surface area contributed by atoms with Crippen molar-refractivity contribution in [2.24, 2.45) is 0 Å². The van der Waals surface area contributed by atoms with Crippen molar-refractivity contribution < 1.29 is 8.42 Å². The Morgan fingerprint density at radius 1 is 1.11 bits per heavy atom. The average molecular weight is 400 g/mol. The van der Waals surface area contributed by atoms with Gasteiger partial charge in [-0.3, -0.25) is 4.98 Å². The molecule has 0 radical (unpaired) electrons. The van der Waals surface area contributed by atoms with Crippen LogP contribution in [0.3, 0.4) is 0 Å². The van der Waals surface area contributed by atoms with Crippen molar-refractivity contribution in [3.05, 3.63) is 64.2 Å². The number of aromatic nitrogens is 2. The van der Waals surface area contributed by atoms with Gasteiger partial charge in [-0.1, -0.05) is 6.07 Å². The first-order valence-corrected chi connectivity index (χ1v) is 11.4. The zero-order valence-corrected chi connectivity index (χ0v) is 16.5. The van der Waals surface area contributed by atoms with Gasteiger partial charge in [-0.25, -0.2) is 18.1 Å². The summed E-state index contributed by atoms with van der Waals surface area (Å²) in [6.45, 7) is 0.333. The van der Waals surface area contributed by atoms with Crippen LogP contribution in [0, 0.1) is 0 Å². The molecular weight excluding hydrogens is 378 g/mol. The van der Waals surface area contributed by atoms with E-state index in [9.17, 15) is 8.42 Å². The summed E-state index contributed by atoms with van der Waals surface area (Å²) in [4.78, 5) is 9.04. The molecule has 0 atom stereocenters. The first-order chi connectivity index (χ1) is 13.1. The van der Waals surface area contributed by atoms with Crippen molar-refractivity contribution in [1.82, 2.24) is 14.7 Å². The van der Waals surface area contributed by atoms with Gasteiger partial charge in [0.15, 0.2) is 0 Å². The van der Waals surface area contributed by atoms with E-state index in [4.69, 9.17) is 0 Å². The third-order valence-electron chi connectivity index (χ3n) is 4.77. The van der Waals surface area contributed by atoms with Gasteiger partial charge in [0.2, 0.25) is 10.0 Å². The number of nitrogens with zero attached hydrogens (tertiary/aromatic N) is 2. The summed E-state index contributed by atoms with van der Waals surface area (Å²) in [5, 5.41) is 2.88. The average Bonchev–Trinajstić information content (AvgIpc) is 3.17. The van der Waals surface area contributed by atoms with Crippen molar-refractivity contribution in [2.45, 2.75) is 37.0 Å². The molecule has 4 rings (SSSR count). The summed E-state index contributed by atoms with van der Waals surface area (Å²) in [7, 11) is -3.49. The van der Waals surface area contributed by atoms with Crippen molar-refractivity contribution in [1.29, 1.82) is 0 Å². The fourth-order valence-corrected chi connectivity index (χ4v) is 5.21. The van der Waals surface area contributed by atoms with Gasteiger partial charge in [-0.15, -0.1) is 11.3 Å². The molecule has 0 aliphatic heterocycles. The lowest BCUT2D eigenvalue weighted by Crippen LogP contribution is -2.26. The number of benzene rings is 1. The number of hydrogen-bond donors (Lipinski definition) is 1. The highest BCUT2D eigenvalue weighted by molar-refractivity contribution is 7.89. The lowest BCUT2D eigenvalue weighted by atomic mass is 9.92. The highest BCUT2D eigenvalue weighted by Gasteiger charge is 2.17. The Balaban J connectivity index is 1.39. The summed E-state index contributed by atoms with van der Waals surface area (Å²) < 4.78 is 27.9. The molecule has 27 heavy (non-hydrogen) atoms. The van der Waals surface area contributed by atoms with Crippen LogP contribution >= 0.6 is 11.3 Å². The molecule has 0 spiro atoms. The molecule has 7 heteroatoms. The second kappa shape index (κ2) is 7.88. The molecule has 0 saturated heterocycles. The Hall–Kier alpha value is -2.09. The second-order valence-electron chi connectivity index (χ2n) is 6.65. The summed E-state index contributed by atoms with van der Waals surface area (Å²) in [6, 6.07) is 9.35. The molecule has 1 aliphatic rings. The van der Waals surface area contributed by atoms with Crippen LogP contribution in [0.5, 0.6) is 0 Å². The molecule has 0 saturated carbocycles. The Morgan fingerprint density at radius 3 is 2.78 bits per heavy atom. The van der Waals surface area contributed by atoms with Crippen molar-refractivity contribution >= 4 is 21.4 Å². The maximum Gasteiger partial charge on any atom is 0.240 e. The maximum atomic E-state index is 12.6. The van der Waals surface area contributed by atoms with E-state index in [2.05, 4.69) is 14.7 Å². The molecule has 0 unspecified atom stereocenters. The van der Waals surface area contributed by atoms with Crippen molar-refractivity contribution in [3.63, 3.8) is 0 Å². The normalized spacial score (nSPS) is 14.1. The van der Waals surface area contributed by atoms with Crippen molar-refractivity contribution in [2.75, 3.05) is 6.54 Å². The Bertz CT molecular complexity index is 1030. The van der Waals surface area contributed by atoms with Gasteiger partial charge in [0, 0.05) is 36.3 Å². The van der Waals surface area contributed by atoms with Crippen LogP contribution in [0.4, 0.5) is 0 Å². The zero-order chi connectivity index (χ0) is 18.7. The molecule has 0 amide bonds. The minimum atomic E-state index is -3.49. The lowest BCUT2D eigenvalue weighted by Gasteiger charge is -2.16. The number of rotatable bonds is 6. The monoisotopic (exact) mass is 399 g/mol.